The minimum atomic E-state index is -1.02. The van der Waals surface area contributed by atoms with E-state index in [1.165, 1.54) is 6.07 Å². The lowest BCUT2D eigenvalue weighted by Gasteiger charge is -2.34. The fourth-order valence-corrected chi connectivity index (χ4v) is 4.49. The van der Waals surface area contributed by atoms with Gasteiger partial charge in [-0.25, -0.2) is 9.78 Å². The van der Waals surface area contributed by atoms with Crippen LogP contribution in [-0.4, -0.2) is 56.6 Å². The number of aromatic carboxylic acids is 1. The molecule has 0 aliphatic carbocycles. The lowest BCUT2D eigenvalue weighted by Crippen LogP contribution is -2.47. The largest absolute Gasteiger partial charge is 0.478 e. The van der Waals surface area contributed by atoms with Gasteiger partial charge >= 0.3 is 5.97 Å². The molecule has 33 heavy (non-hydrogen) atoms. The summed E-state index contributed by atoms with van der Waals surface area (Å²) in [5.74, 6) is -0.925. The van der Waals surface area contributed by atoms with Gasteiger partial charge in [-0.1, -0.05) is 23.7 Å². The molecule has 1 aliphatic heterocycles. The topological polar surface area (TPSA) is 87.5 Å². The molecule has 0 radical (unpaired) electrons. The van der Waals surface area contributed by atoms with Gasteiger partial charge in [-0.15, -0.1) is 0 Å². The maximum atomic E-state index is 13.3. The molecular weight excluding hydrogens is 440 g/mol. The number of benzene rings is 2. The molecule has 0 saturated carbocycles. The number of carbonyl (C=O) groups excluding carboxylic acids is 1. The molecular formula is C25H29ClN4O3. The molecule has 1 aromatic heterocycles. The third kappa shape index (κ3) is 5.37. The quantitative estimate of drug-likeness (QED) is 0.541. The van der Waals surface area contributed by atoms with Crippen molar-refractivity contribution in [2.45, 2.75) is 51.7 Å². The Labute approximate surface area is 198 Å². The summed E-state index contributed by atoms with van der Waals surface area (Å²) in [6.07, 6.45) is 2.49. The number of carboxylic acids is 1. The Morgan fingerprint density at radius 2 is 1.85 bits per heavy atom. The molecule has 3 aromatic rings. The van der Waals surface area contributed by atoms with Gasteiger partial charge in [0.05, 0.1) is 16.6 Å². The van der Waals surface area contributed by atoms with Crippen LogP contribution in [-0.2, 0) is 13.0 Å². The zero-order valence-electron chi connectivity index (χ0n) is 18.9. The molecule has 8 heteroatoms. The second-order valence-corrected chi connectivity index (χ2v) is 9.29. The van der Waals surface area contributed by atoms with Crippen molar-refractivity contribution in [2.75, 3.05) is 13.1 Å². The van der Waals surface area contributed by atoms with Gasteiger partial charge in [0, 0.05) is 36.7 Å². The minimum Gasteiger partial charge on any atom is -0.478 e. The van der Waals surface area contributed by atoms with Crippen LogP contribution in [0.2, 0.25) is 5.02 Å². The van der Waals surface area contributed by atoms with E-state index in [2.05, 4.69) is 29.0 Å². The fourth-order valence-electron chi connectivity index (χ4n) is 4.36. The summed E-state index contributed by atoms with van der Waals surface area (Å²) in [7, 11) is 0. The number of piperidine rings is 1. The number of nitrogens with one attached hydrogen (secondary N) is 1. The van der Waals surface area contributed by atoms with Crippen LogP contribution in [0.25, 0.3) is 11.0 Å². The number of amides is 1. The molecule has 0 atom stereocenters. The fraction of sp³-hybridized carbons (Fsp3) is 0.400. The molecule has 1 aliphatic rings. The van der Waals surface area contributed by atoms with Crippen molar-refractivity contribution in [1.82, 2.24) is 19.8 Å². The number of carbonyl (C=O) groups is 2. The third-order valence-electron chi connectivity index (χ3n) is 6.33. The van der Waals surface area contributed by atoms with Gasteiger partial charge in [0.2, 0.25) is 0 Å². The van der Waals surface area contributed by atoms with Gasteiger partial charge in [-0.3, -0.25) is 4.79 Å². The van der Waals surface area contributed by atoms with Gasteiger partial charge < -0.3 is 19.9 Å². The predicted octanol–water partition coefficient (Wildman–Crippen LogP) is 4.23. The molecule has 7 nitrogen and oxygen atoms in total. The van der Waals surface area contributed by atoms with Crippen LogP contribution in [0.1, 0.15) is 53.2 Å². The Hall–Kier alpha value is -2.90. The molecule has 174 valence electrons. The first kappa shape index (κ1) is 23.3. The number of fused-ring (bicyclic) bond motifs is 1. The highest BCUT2D eigenvalue weighted by atomic mass is 35.5. The van der Waals surface area contributed by atoms with E-state index < -0.39 is 5.97 Å². The second-order valence-electron chi connectivity index (χ2n) is 8.85. The zero-order valence-corrected chi connectivity index (χ0v) is 19.7. The average Bonchev–Trinajstić information content (AvgIpc) is 3.17. The summed E-state index contributed by atoms with van der Waals surface area (Å²) in [5.41, 5.74) is 2.49. The number of carboxylic acid groups (broad SMARTS) is 1. The summed E-state index contributed by atoms with van der Waals surface area (Å²) >= 11 is 6.00. The van der Waals surface area contributed by atoms with Crippen molar-refractivity contribution in [2.24, 2.45) is 0 Å². The number of aromatic nitrogens is 2. The average molecular weight is 469 g/mol. The summed E-state index contributed by atoms with van der Waals surface area (Å²) in [5, 5.41) is 13.2. The number of imidazole rings is 1. The van der Waals surface area contributed by atoms with E-state index in [-0.39, 0.29) is 17.5 Å². The molecule has 2 N–H and O–H groups in total. The van der Waals surface area contributed by atoms with Crippen molar-refractivity contribution in [1.29, 1.82) is 0 Å². The molecule has 0 bridgehead atoms. The molecule has 1 amide bonds. The van der Waals surface area contributed by atoms with Crippen molar-refractivity contribution in [3.05, 3.63) is 64.4 Å². The number of hydrogen-bond acceptors (Lipinski definition) is 4. The van der Waals surface area contributed by atoms with E-state index >= 15 is 0 Å². The number of hydrogen-bond donors (Lipinski definition) is 2. The van der Waals surface area contributed by atoms with Crippen LogP contribution in [0.15, 0.2) is 42.5 Å². The maximum Gasteiger partial charge on any atom is 0.335 e. The Bertz CT molecular complexity index is 1150. The number of aryl methyl sites for hydroxylation is 2. The lowest BCUT2D eigenvalue weighted by atomic mass is 10.0. The van der Waals surface area contributed by atoms with Crippen molar-refractivity contribution < 1.29 is 14.7 Å². The highest BCUT2D eigenvalue weighted by molar-refractivity contribution is 6.30. The van der Waals surface area contributed by atoms with Gasteiger partial charge in [0.25, 0.3) is 5.91 Å². The smallest absolute Gasteiger partial charge is 0.335 e. The van der Waals surface area contributed by atoms with Gasteiger partial charge in [-0.05, 0) is 69.0 Å². The number of halogens is 1. The minimum absolute atomic E-state index is 0.103. The SMILES string of the molecule is CC(C)N1CCC(NC(=O)c2nc3cc(C(=O)O)ccc3n2CCc2ccc(Cl)cc2)CC1. The van der Waals surface area contributed by atoms with Crippen molar-refractivity contribution >= 4 is 34.5 Å². The Morgan fingerprint density at radius 1 is 1.15 bits per heavy atom. The Balaban J connectivity index is 1.58. The van der Waals surface area contributed by atoms with Crippen LogP contribution in [0.4, 0.5) is 0 Å². The summed E-state index contributed by atoms with van der Waals surface area (Å²) < 4.78 is 1.88. The van der Waals surface area contributed by atoms with Crippen LogP contribution in [0, 0.1) is 0 Å². The van der Waals surface area contributed by atoms with Gasteiger partial charge in [-0.2, -0.15) is 0 Å². The molecule has 2 heterocycles. The molecule has 1 fully saturated rings. The first-order valence-electron chi connectivity index (χ1n) is 11.3. The Kier molecular flexibility index (Phi) is 7.00. The highest BCUT2D eigenvalue weighted by Gasteiger charge is 2.25. The first-order chi connectivity index (χ1) is 15.8. The van der Waals surface area contributed by atoms with E-state index in [0.717, 1.165) is 37.0 Å². The Morgan fingerprint density at radius 3 is 2.48 bits per heavy atom. The summed E-state index contributed by atoms with van der Waals surface area (Å²) in [6, 6.07) is 13.0. The first-order valence-corrected chi connectivity index (χ1v) is 11.7. The second kappa shape index (κ2) is 9.93. The van der Waals surface area contributed by atoms with Gasteiger partial charge in [0.1, 0.15) is 0 Å². The molecule has 1 saturated heterocycles. The summed E-state index contributed by atoms with van der Waals surface area (Å²) in [6.45, 7) is 6.83. The van der Waals surface area contributed by atoms with E-state index in [1.807, 2.05) is 28.8 Å². The zero-order chi connectivity index (χ0) is 23.5. The van der Waals surface area contributed by atoms with Crippen LogP contribution in [0.5, 0.6) is 0 Å². The number of rotatable bonds is 7. The van der Waals surface area contributed by atoms with E-state index in [4.69, 9.17) is 11.6 Å². The monoisotopic (exact) mass is 468 g/mol. The normalized spacial score (nSPS) is 15.3. The molecule has 0 unspecified atom stereocenters. The van der Waals surface area contributed by atoms with Crippen LogP contribution < -0.4 is 5.32 Å². The van der Waals surface area contributed by atoms with Crippen LogP contribution >= 0.6 is 11.6 Å². The standard InChI is InChI=1S/C25H29ClN4O3/c1-16(2)29-12-10-20(11-13-29)27-24(31)23-28-21-15-18(25(32)33)5-8-22(21)30(23)14-9-17-3-6-19(26)7-4-17/h3-8,15-16,20H,9-14H2,1-2H3,(H,27,31)(H,32,33). The number of nitrogens with zero attached hydrogens (tertiary/aromatic N) is 3. The lowest BCUT2D eigenvalue weighted by molar-refractivity contribution is 0.0696. The highest BCUT2D eigenvalue weighted by Crippen LogP contribution is 2.21. The van der Waals surface area contributed by atoms with Gasteiger partial charge in [0.15, 0.2) is 5.82 Å². The summed E-state index contributed by atoms with van der Waals surface area (Å²) in [4.78, 5) is 31.6. The van der Waals surface area contributed by atoms with E-state index in [1.54, 1.807) is 12.1 Å². The molecule has 2 aromatic carbocycles. The predicted molar refractivity (Wildman–Crippen MR) is 129 cm³/mol. The molecule has 4 rings (SSSR count). The van der Waals surface area contributed by atoms with Crippen molar-refractivity contribution in [3.8, 4) is 0 Å². The maximum absolute atomic E-state index is 13.3. The van der Waals surface area contributed by atoms with E-state index in [0.29, 0.717) is 35.4 Å². The number of likely N-dealkylation sites (tertiary alicyclic amines) is 1. The van der Waals surface area contributed by atoms with Crippen molar-refractivity contribution in [3.63, 3.8) is 0 Å². The van der Waals surface area contributed by atoms with Crippen LogP contribution in [0.3, 0.4) is 0 Å². The molecule has 0 spiro atoms. The van der Waals surface area contributed by atoms with E-state index in [9.17, 15) is 14.7 Å². The third-order valence-corrected chi connectivity index (χ3v) is 6.58.